The summed E-state index contributed by atoms with van der Waals surface area (Å²) >= 11 is 0. The molecule has 4 nitrogen and oxygen atoms in total. The van der Waals surface area contributed by atoms with Gasteiger partial charge >= 0.3 is 6.09 Å². The number of aromatic nitrogens is 1. The zero-order valence-corrected chi connectivity index (χ0v) is 16.0. The monoisotopic (exact) mass is 384 g/mol. The molecule has 0 fully saturated rings. The molecule has 0 N–H and O–H groups in total. The van der Waals surface area contributed by atoms with E-state index >= 15 is 0 Å². The van der Waals surface area contributed by atoms with Crippen LogP contribution < -0.4 is 0 Å². The maximum Gasteiger partial charge on any atom is 0.410 e. The van der Waals surface area contributed by atoms with Gasteiger partial charge in [-0.25, -0.2) is 13.6 Å². The van der Waals surface area contributed by atoms with Crippen molar-refractivity contribution >= 4 is 17.0 Å². The largest absolute Gasteiger partial charge is 0.450 e. The lowest BCUT2D eigenvalue weighted by molar-refractivity contribution is 0.102. The molecule has 0 unspecified atom stereocenters. The Morgan fingerprint density at radius 1 is 1.11 bits per heavy atom. The molecule has 146 valence electrons. The Hall–Kier alpha value is -2.89. The molecule has 28 heavy (non-hydrogen) atoms. The highest BCUT2D eigenvalue weighted by Crippen LogP contribution is 2.31. The maximum absolute atomic E-state index is 13.5. The van der Waals surface area contributed by atoms with Crippen LogP contribution in [0.1, 0.15) is 29.3 Å². The lowest BCUT2D eigenvalue weighted by Gasteiger charge is -2.27. The Morgan fingerprint density at radius 2 is 1.86 bits per heavy atom. The number of benzene rings is 2. The molecule has 2 heterocycles. The van der Waals surface area contributed by atoms with Crippen molar-refractivity contribution in [2.45, 2.75) is 26.3 Å². The number of halogens is 2. The van der Waals surface area contributed by atoms with Crippen molar-refractivity contribution in [2.24, 2.45) is 7.05 Å². The van der Waals surface area contributed by atoms with Gasteiger partial charge in [0.1, 0.15) is 0 Å². The number of carbonyl (C=O) groups excluding carboxylic acids is 1. The molecule has 4 rings (SSSR count). The number of hydrogen-bond acceptors (Lipinski definition) is 2. The minimum absolute atomic E-state index is 0.289. The normalized spacial score (nSPS) is 13.6. The predicted octanol–water partition coefficient (Wildman–Crippen LogP) is 4.56. The van der Waals surface area contributed by atoms with Crippen LogP contribution in [-0.4, -0.2) is 28.7 Å². The summed E-state index contributed by atoms with van der Waals surface area (Å²) in [5.41, 5.74) is 5.19. The van der Waals surface area contributed by atoms with E-state index in [1.807, 2.05) is 13.1 Å². The number of fused-ring (bicyclic) bond motifs is 3. The third-order valence-electron chi connectivity index (χ3n) is 5.39. The number of rotatable bonds is 3. The standard InChI is InChI=1S/C22H22F2N2O2/c1-3-28-22(27)26-9-8-21-17(13-26)16-11-14(5-7-20(16)25(21)2)10-15-4-6-18(23)19(24)12-15/h4-7,11-12H,3,8-10,13H2,1-2H3. The van der Waals surface area contributed by atoms with Gasteiger partial charge in [0.25, 0.3) is 0 Å². The lowest BCUT2D eigenvalue weighted by Crippen LogP contribution is -2.36. The molecule has 1 aliphatic heterocycles. The second-order valence-corrected chi connectivity index (χ2v) is 7.13. The van der Waals surface area contributed by atoms with Crippen LogP contribution in [0.25, 0.3) is 10.9 Å². The van der Waals surface area contributed by atoms with Gasteiger partial charge in [0.05, 0.1) is 13.2 Å². The van der Waals surface area contributed by atoms with E-state index in [0.29, 0.717) is 26.1 Å². The van der Waals surface area contributed by atoms with Gasteiger partial charge in [-0.05, 0) is 48.7 Å². The molecule has 3 aromatic rings. The summed E-state index contributed by atoms with van der Waals surface area (Å²) < 4.78 is 34.0. The van der Waals surface area contributed by atoms with Gasteiger partial charge in [-0.1, -0.05) is 12.1 Å². The van der Waals surface area contributed by atoms with Crippen molar-refractivity contribution in [1.29, 1.82) is 0 Å². The highest BCUT2D eigenvalue weighted by molar-refractivity contribution is 5.87. The minimum atomic E-state index is -0.838. The Balaban J connectivity index is 1.68. The van der Waals surface area contributed by atoms with Crippen molar-refractivity contribution in [3.05, 3.63) is 70.4 Å². The van der Waals surface area contributed by atoms with Crippen LogP contribution >= 0.6 is 0 Å². The fourth-order valence-corrected chi connectivity index (χ4v) is 3.99. The lowest BCUT2D eigenvalue weighted by atomic mass is 10.00. The molecule has 1 aromatic heterocycles. The second kappa shape index (κ2) is 7.26. The van der Waals surface area contributed by atoms with Crippen LogP contribution in [0.4, 0.5) is 13.6 Å². The van der Waals surface area contributed by atoms with Crippen LogP contribution in [0.3, 0.4) is 0 Å². The molecule has 0 spiro atoms. The summed E-state index contributed by atoms with van der Waals surface area (Å²) in [7, 11) is 2.04. The van der Waals surface area contributed by atoms with Crippen LogP contribution in [0.15, 0.2) is 36.4 Å². The van der Waals surface area contributed by atoms with Crippen molar-refractivity contribution < 1.29 is 18.3 Å². The van der Waals surface area contributed by atoms with Gasteiger partial charge in [0.15, 0.2) is 11.6 Å². The molecule has 1 aliphatic rings. The Kier molecular flexibility index (Phi) is 4.79. The van der Waals surface area contributed by atoms with Crippen molar-refractivity contribution in [2.75, 3.05) is 13.2 Å². The van der Waals surface area contributed by atoms with Gasteiger partial charge in [-0.15, -0.1) is 0 Å². The molecule has 2 aromatic carbocycles. The van der Waals surface area contributed by atoms with Gasteiger partial charge in [0, 0.05) is 42.2 Å². The number of aryl methyl sites for hydroxylation is 1. The van der Waals surface area contributed by atoms with E-state index in [1.54, 1.807) is 17.9 Å². The van der Waals surface area contributed by atoms with E-state index < -0.39 is 11.6 Å². The molecule has 0 atom stereocenters. The maximum atomic E-state index is 13.5. The molecule has 0 saturated heterocycles. The minimum Gasteiger partial charge on any atom is -0.450 e. The van der Waals surface area contributed by atoms with Crippen molar-refractivity contribution in [3.63, 3.8) is 0 Å². The number of carbonyl (C=O) groups is 1. The van der Waals surface area contributed by atoms with E-state index in [1.165, 1.54) is 11.8 Å². The van der Waals surface area contributed by atoms with Crippen molar-refractivity contribution in [3.8, 4) is 0 Å². The average Bonchev–Trinajstić information content (AvgIpc) is 2.96. The smallest absolute Gasteiger partial charge is 0.410 e. The average molecular weight is 384 g/mol. The molecule has 1 amide bonds. The third kappa shape index (κ3) is 3.23. The second-order valence-electron chi connectivity index (χ2n) is 7.13. The number of ether oxygens (including phenoxy) is 1. The first-order chi connectivity index (χ1) is 13.5. The SMILES string of the molecule is CCOC(=O)N1CCc2c(c3cc(Cc4ccc(F)c(F)c4)ccc3n2C)C1. The summed E-state index contributed by atoms with van der Waals surface area (Å²) in [5, 5.41) is 1.09. The van der Waals surface area contributed by atoms with Crippen LogP contribution in [0.5, 0.6) is 0 Å². The fraction of sp³-hybridized carbons (Fsp3) is 0.318. The number of amides is 1. The van der Waals surface area contributed by atoms with E-state index in [-0.39, 0.29) is 6.09 Å². The van der Waals surface area contributed by atoms with Gasteiger partial charge in [-0.3, -0.25) is 0 Å². The first kappa shape index (κ1) is 18.5. The highest BCUT2D eigenvalue weighted by Gasteiger charge is 2.26. The number of nitrogens with zero attached hydrogens (tertiary/aromatic N) is 2. The molecular weight excluding hydrogens is 362 g/mol. The van der Waals surface area contributed by atoms with Crippen LogP contribution in [0.2, 0.25) is 0 Å². The molecule has 0 bridgehead atoms. The topological polar surface area (TPSA) is 34.5 Å². The first-order valence-electron chi connectivity index (χ1n) is 9.42. The van der Waals surface area contributed by atoms with E-state index in [4.69, 9.17) is 4.74 Å². The zero-order valence-electron chi connectivity index (χ0n) is 16.0. The summed E-state index contributed by atoms with van der Waals surface area (Å²) in [4.78, 5) is 13.9. The Labute approximate surface area is 162 Å². The van der Waals surface area contributed by atoms with Gasteiger partial charge in [-0.2, -0.15) is 0 Å². The van der Waals surface area contributed by atoms with Crippen molar-refractivity contribution in [1.82, 2.24) is 9.47 Å². The molecule has 0 aliphatic carbocycles. The first-order valence-corrected chi connectivity index (χ1v) is 9.42. The van der Waals surface area contributed by atoms with E-state index in [2.05, 4.69) is 16.7 Å². The predicted molar refractivity (Wildman–Crippen MR) is 103 cm³/mol. The quantitative estimate of drug-likeness (QED) is 0.663. The Morgan fingerprint density at radius 3 is 2.61 bits per heavy atom. The Bertz CT molecular complexity index is 1060. The molecule has 0 saturated carbocycles. The number of hydrogen-bond donors (Lipinski definition) is 0. The van der Waals surface area contributed by atoms with Gasteiger partial charge < -0.3 is 14.2 Å². The molecule has 6 heteroatoms. The zero-order chi connectivity index (χ0) is 19.8. The molecule has 0 radical (unpaired) electrons. The van der Waals surface area contributed by atoms with Crippen LogP contribution in [0, 0.1) is 11.6 Å². The van der Waals surface area contributed by atoms with E-state index in [9.17, 15) is 13.6 Å². The van der Waals surface area contributed by atoms with Gasteiger partial charge in [0.2, 0.25) is 0 Å². The van der Waals surface area contributed by atoms with Crippen LogP contribution in [-0.2, 0) is 31.2 Å². The summed E-state index contributed by atoms with van der Waals surface area (Å²) in [6, 6.07) is 10.2. The summed E-state index contributed by atoms with van der Waals surface area (Å²) in [5.74, 6) is -1.67. The van der Waals surface area contributed by atoms with E-state index in [0.717, 1.165) is 40.1 Å². The highest BCUT2D eigenvalue weighted by atomic mass is 19.2. The molecular formula is C22H22F2N2O2. The summed E-state index contributed by atoms with van der Waals surface area (Å²) in [6.07, 6.45) is 0.999. The summed E-state index contributed by atoms with van der Waals surface area (Å²) in [6.45, 7) is 3.31. The third-order valence-corrected chi connectivity index (χ3v) is 5.39. The fourth-order valence-electron chi connectivity index (χ4n) is 3.99.